The quantitative estimate of drug-likeness (QED) is 0.627. The number of carbonyl (C=O) groups excluding carboxylic acids is 2. The van der Waals surface area contributed by atoms with Crippen LogP contribution in [0.4, 0.5) is 4.39 Å². The zero-order chi connectivity index (χ0) is 20.7. The van der Waals surface area contributed by atoms with E-state index in [0.717, 1.165) is 0 Å². The highest BCUT2D eigenvalue weighted by Gasteiger charge is 2.27. The molecule has 0 aromatic heterocycles. The smallest absolute Gasteiger partial charge is 0.326 e. The number of carbonyl (C=O) groups is 3. The molecule has 0 aliphatic rings. The monoisotopic (exact) mass is 406 g/mol. The lowest BCUT2D eigenvalue weighted by atomic mass is 10.0. The molecule has 0 saturated carbocycles. The molecule has 0 radical (unpaired) electrons. The number of carboxylic acids is 1. The number of carboxylic acid groups (broad SMARTS) is 1. The van der Waals surface area contributed by atoms with Crippen LogP contribution in [0.1, 0.15) is 18.1 Å². The molecular formula is C20H20ClFN2O4. The normalized spacial score (nSPS) is 12.7. The molecule has 0 spiro atoms. The summed E-state index contributed by atoms with van der Waals surface area (Å²) in [6.45, 7) is 1.22. The fourth-order valence-corrected chi connectivity index (χ4v) is 2.92. The lowest BCUT2D eigenvalue weighted by Gasteiger charge is -2.21. The van der Waals surface area contributed by atoms with E-state index in [1.54, 1.807) is 30.3 Å². The summed E-state index contributed by atoms with van der Waals surface area (Å²) in [6, 6.07) is 10.1. The highest BCUT2D eigenvalue weighted by Crippen LogP contribution is 2.13. The number of rotatable bonds is 8. The van der Waals surface area contributed by atoms with Crippen molar-refractivity contribution in [2.24, 2.45) is 0 Å². The zero-order valence-electron chi connectivity index (χ0n) is 15.1. The van der Waals surface area contributed by atoms with E-state index in [-0.39, 0.29) is 18.4 Å². The molecule has 6 nitrogen and oxygen atoms in total. The second kappa shape index (κ2) is 9.85. The number of amides is 2. The molecule has 2 aromatic carbocycles. The summed E-state index contributed by atoms with van der Waals surface area (Å²) in [5.41, 5.74) is 0.864. The lowest BCUT2D eigenvalue weighted by molar-refractivity contribution is -0.142. The highest BCUT2D eigenvalue weighted by atomic mass is 35.5. The van der Waals surface area contributed by atoms with Crippen LogP contribution in [0.5, 0.6) is 0 Å². The van der Waals surface area contributed by atoms with E-state index in [9.17, 15) is 23.9 Å². The number of hydrogen-bond acceptors (Lipinski definition) is 3. The third-order valence-corrected chi connectivity index (χ3v) is 4.25. The molecule has 2 rings (SSSR count). The molecule has 0 aliphatic carbocycles. The summed E-state index contributed by atoms with van der Waals surface area (Å²) >= 11 is 5.91. The first-order chi connectivity index (χ1) is 13.3. The fourth-order valence-electron chi connectivity index (χ4n) is 2.71. The standard InChI is InChI=1S/C20H20ClFN2O4/c1-12(25)23-17(11-14-6-2-3-8-16(14)22)19(26)24-18(20(27)28)10-13-5-4-7-15(21)9-13/h2-9,17-18H,10-11H2,1H3,(H,23,25)(H,24,26)(H,27,28)/t17-,18+/m0/s1. The average Bonchev–Trinajstić information content (AvgIpc) is 2.62. The maximum Gasteiger partial charge on any atom is 0.326 e. The zero-order valence-corrected chi connectivity index (χ0v) is 15.9. The summed E-state index contributed by atoms with van der Waals surface area (Å²) < 4.78 is 13.9. The second-order valence-corrected chi connectivity index (χ2v) is 6.72. The first-order valence-corrected chi connectivity index (χ1v) is 8.92. The molecule has 0 fully saturated rings. The van der Waals surface area contributed by atoms with Gasteiger partial charge in [0.1, 0.15) is 17.9 Å². The third-order valence-electron chi connectivity index (χ3n) is 4.02. The highest BCUT2D eigenvalue weighted by molar-refractivity contribution is 6.30. The van der Waals surface area contributed by atoms with Crippen LogP contribution >= 0.6 is 11.6 Å². The van der Waals surface area contributed by atoms with E-state index in [1.165, 1.54) is 25.1 Å². The largest absolute Gasteiger partial charge is 0.480 e. The van der Waals surface area contributed by atoms with Crippen molar-refractivity contribution >= 4 is 29.4 Å². The van der Waals surface area contributed by atoms with Gasteiger partial charge in [-0.05, 0) is 29.3 Å². The lowest BCUT2D eigenvalue weighted by Crippen LogP contribution is -2.52. The van der Waals surface area contributed by atoms with Crippen LogP contribution < -0.4 is 10.6 Å². The van der Waals surface area contributed by atoms with E-state index in [2.05, 4.69) is 10.6 Å². The molecule has 0 unspecified atom stereocenters. The minimum absolute atomic E-state index is 0.00806. The number of aliphatic carboxylic acids is 1. The number of nitrogens with one attached hydrogen (secondary N) is 2. The van der Waals surface area contributed by atoms with Gasteiger partial charge in [-0.3, -0.25) is 9.59 Å². The maximum absolute atomic E-state index is 13.9. The van der Waals surface area contributed by atoms with Gasteiger partial charge in [-0.1, -0.05) is 41.9 Å². The van der Waals surface area contributed by atoms with Crippen molar-refractivity contribution in [1.29, 1.82) is 0 Å². The maximum atomic E-state index is 13.9. The van der Waals surface area contributed by atoms with Gasteiger partial charge >= 0.3 is 5.97 Å². The molecule has 0 saturated heterocycles. The Hall–Kier alpha value is -2.93. The Bertz CT molecular complexity index is 875. The van der Waals surface area contributed by atoms with Crippen LogP contribution in [0.15, 0.2) is 48.5 Å². The molecule has 8 heteroatoms. The van der Waals surface area contributed by atoms with E-state index in [1.807, 2.05) is 0 Å². The van der Waals surface area contributed by atoms with Crippen molar-refractivity contribution in [2.75, 3.05) is 0 Å². The Morgan fingerprint density at radius 3 is 2.36 bits per heavy atom. The second-order valence-electron chi connectivity index (χ2n) is 6.28. The van der Waals surface area contributed by atoms with Crippen molar-refractivity contribution in [3.63, 3.8) is 0 Å². The summed E-state index contributed by atoms with van der Waals surface area (Å²) in [5.74, 6) is -2.95. The van der Waals surface area contributed by atoms with Crippen molar-refractivity contribution in [1.82, 2.24) is 10.6 Å². The van der Waals surface area contributed by atoms with Crippen LogP contribution in [0.25, 0.3) is 0 Å². The van der Waals surface area contributed by atoms with E-state index in [0.29, 0.717) is 10.6 Å². The molecule has 3 N–H and O–H groups in total. The van der Waals surface area contributed by atoms with Crippen LogP contribution in [0.2, 0.25) is 5.02 Å². The molecule has 2 amide bonds. The molecule has 0 heterocycles. The summed E-state index contributed by atoms with van der Waals surface area (Å²) in [5, 5.41) is 14.8. The molecule has 2 atom stereocenters. The van der Waals surface area contributed by atoms with Gasteiger partial charge in [-0.15, -0.1) is 0 Å². The van der Waals surface area contributed by atoms with Crippen LogP contribution in [0, 0.1) is 5.82 Å². The Kier molecular flexibility index (Phi) is 7.52. The van der Waals surface area contributed by atoms with Crippen molar-refractivity contribution < 1.29 is 23.9 Å². The summed E-state index contributed by atoms with van der Waals surface area (Å²) in [7, 11) is 0. The first kappa shape index (κ1) is 21.4. The molecule has 28 heavy (non-hydrogen) atoms. The minimum Gasteiger partial charge on any atom is -0.480 e. The van der Waals surface area contributed by atoms with E-state index in [4.69, 9.17) is 11.6 Å². The number of halogens is 2. The van der Waals surface area contributed by atoms with Crippen LogP contribution in [-0.4, -0.2) is 35.0 Å². The number of benzene rings is 2. The van der Waals surface area contributed by atoms with Crippen LogP contribution in [-0.2, 0) is 27.2 Å². The van der Waals surface area contributed by atoms with Gasteiger partial charge in [0, 0.05) is 24.8 Å². The fraction of sp³-hybridized carbons (Fsp3) is 0.250. The minimum atomic E-state index is -1.24. The molecule has 148 valence electrons. The predicted molar refractivity (Wildman–Crippen MR) is 102 cm³/mol. The Labute approximate surface area is 166 Å². The first-order valence-electron chi connectivity index (χ1n) is 8.54. The molecular weight excluding hydrogens is 387 g/mol. The van der Waals surface area contributed by atoms with Gasteiger partial charge in [0.15, 0.2) is 0 Å². The van der Waals surface area contributed by atoms with Gasteiger partial charge in [-0.25, -0.2) is 9.18 Å². The third kappa shape index (κ3) is 6.35. The van der Waals surface area contributed by atoms with Gasteiger partial charge in [0.2, 0.25) is 11.8 Å². The Morgan fingerprint density at radius 2 is 1.75 bits per heavy atom. The Morgan fingerprint density at radius 1 is 1.04 bits per heavy atom. The van der Waals surface area contributed by atoms with E-state index >= 15 is 0 Å². The van der Waals surface area contributed by atoms with Crippen LogP contribution in [0.3, 0.4) is 0 Å². The topological polar surface area (TPSA) is 95.5 Å². The van der Waals surface area contributed by atoms with Gasteiger partial charge in [0.05, 0.1) is 0 Å². The van der Waals surface area contributed by atoms with Gasteiger partial charge in [0.25, 0.3) is 0 Å². The summed E-state index contributed by atoms with van der Waals surface area (Å²) in [4.78, 5) is 35.7. The van der Waals surface area contributed by atoms with Gasteiger partial charge < -0.3 is 15.7 Å². The Balaban J connectivity index is 2.15. The molecule has 0 bridgehead atoms. The average molecular weight is 407 g/mol. The van der Waals surface area contributed by atoms with E-state index < -0.39 is 35.7 Å². The predicted octanol–water partition coefficient (Wildman–Crippen LogP) is 2.34. The molecule has 2 aromatic rings. The van der Waals surface area contributed by atoms with Crippen molar-refractivity contribution in [3.8, 4) is 0 Å². The summed E-state index contributed by atoms with van der Waals surface area (Å²) in [6.07, 6.45) is -0.101. The van der Waals surface area contributed by atoms with Crippen molar-refractivity contribution in [3.05, 3.63) is 70.5 Å². The molecule has 0 aliphatic heterocycles. The van der Waals surface area contributed by atoms with Crippen molar-refractivity contribution in [2.45, 2.75) is 31.8 Å². The SMILES string of the molecule is CC(=O)N[C@@H](Cc1ccccc1F)C(=O)N[C@H](Cc1cccc(Cl)c1)C(=O)O. The number of hydrogen-bond donors (Lipinski definition) is 3. The van der Waals surface area contributed by atoms with Gasteiger partial charge in [-0.2, -0.15) is 0 Å².